The minimum atomic E-state index is -0.454. The van der Waals surface area contributed by atoms with Gasteiger partial charge < -0.3 is 33.2 Å². The lowest BCUT2D eigenvalue weighted by Crippen LogP contribution is -2.22. The van der Waals surface area contributed by atoms with E-state index in [4.69, 9.17) is 33.2 Å². The number of unbranched alkanes of at least 4 members (excludes halogenated alkanes) is 16. The summed E-state index contributed by atoms with van der Waals surface area (Å²) in [6.07, 6.45) is 34.7. The van der Waals surface area contributed by atoms with Crippen LogP contribution in [0.5, 0.6) is 0 Å². The highest BCUT2D eigenvalue weighted by Gasteiger charge is 2.12. The molecule has 0 saturated heterocycles. The largest absolute Gasteiger partial charge is 0.353 e. The fourth-order valence-corrected chi connectivity index (χ4v) is 5.46. The first-order valence-corrected chi connectivity index (χ1v) is 20.7. The first-order valence-electron chi connectivity index (χ1n) is 20.7. The second kappa shape index (κ2) is 40.0. The molecule has 0 rings (SSSR count). The van der Waals surface area contributed by atoms with Crippen molar-refractivity contribution in [2.45, 2.75) is 207 Å². The van der Waals surface area contributed by atoms with E-state index in [0.29, 0.717) is 0 Å². The molecule has 0 aromatic carbocycles. The number of ether oxygens (including phenoxy) is 7. The van der Waals surface area contributed by atoms with Crippen LogP contribution in [0.4, 0.5) is 0 Å². The van der Waals surface area contributed by atoms with Gasteiger partial charge in [0.05, 0.1) is 0 Å². The van der Waals surface area contributed by atoms with Gasteiger partial charge in [0.2, 0.25) is 0 Å². The lowest BCUT2D eigenvalue weighted by molar-refractivity contribution is -0.188. The lowest BCUT2D eigenvalue weighted by atomic mass is 10.1. The Morgan fingerprint density at radius 3 is 1.00 bits per heavy atom. The van der Waals surface area contributed by atoms with Crippen LogP contribution in [-0.4, -0.2) is 65.8 Å². The summed E-state index contributed by atoms with van der Waals surface area (Å²) in [4.78, 5) is 0. The maximum Gasteiger partial charge on any atom is 0.179 e. The van der Waals surface area contributed by atoms with E-state index in [1.165, 1.54) is 77.0 Å². The van der Waals surface area contributed by atoms with E-state index >= 15 is 0 Å². The normalized spacial score (nSPS) is 13.6. The molecule has 0 bridgehead atoms. The summed E-state index contributed by atoms with van der Waals surface area (Å²) in [5.41, 5.74) is 0. The number of methoxy groups -OCH3 is 2. The maximum absolute atomic E-state index is 6.12. The van der Waals surface area contributed by atoms with Crippen molar-refractivity contribution < 1.29 is 33.2 Å². The Labute approximate surface area is 304 Å². The fraction of sp³-hybridized carbons (Fsp3) is 0.905. The minimum Gasteiger partial charge on any atom is -0.353 e. The summed E-state index contributed by atoms with van der Waals surface area (Å²) in [7, 11) is 3.33. The summed E-state index contributed by atoms with van der Waals surface area (Å²) < 4.78 is 41.6. The Balaban J connectivity index is 4.44. The van der Waals surface area contributed by atoms with Gasteiger partial charge in [0.1, 0.15) is 0 Å². The minimum absolute atomic E-state index is 0.0831. The Hall–Kier alpha value is -0.800. The summed E-state index contributed by atoms with van der Waals surface area (Å²) in [5.74, 6) is 0. The average Bonchev–Trinajstić information content (AvgIpc) is 3.11. The molecule has 0 aliphatic heterocycles. The second-order valence-corrected chi connectivity index (χ2v) is 13.4. The topological polar surface area (TPSA) is 64.6 Å². The zero-order valence-electron chi connectivity index (χ0n) is 33.3. The molecule has 2 unspecified atom stereocenters. The second-order valence-electron chi connectivity index (χ2n) is 13.4. The average molecular weight is 699 g/mol. The SMILES string of the molecule is CCCCCCOC(CCCCC=CC(OC)OC(C=CCCCCC(OCCCCCC)OCCCCCC)OC)OCCCCCC. The molecule has 0 aromatic heterocycles. The molecule has 0 spiro atoms. The molecule has 49 heavy (non-hydrogen) atoms. The molecule has 7 heteroatoms. The van der Waals surface area contributed by atoms with Gasteiger partial charge in [-0.25, -0.2) is 0 Å². The van der Waals surface area contributed by atoms with Crippen LogP contribution in [0, 0.1) is 0 Å². The Bertz CT molecular complexity index is 602. The predicted molar refractivity (Wildman–Crippen MR) is 206 cm³/mol. The van der Waals surface area contributed by atoms with Crippen LogP contribution >= 0.6 is 0 Å². The van der Waals surface area contributed by atoms with Gasteiger partial charge in [-0.15, -0.1) is 0 Å². The molecule has 0 aliphatic carbocycles. The zero-order chi connectivity index (χ0) is 35.9. The molecule has 0 aromatic rings. The van der Waals surface area contributed by atoms with Crippen molar-refractivity contribution in [1.29, 1.82) is 0 Å². The van der Waals surface area contributed by atoms with Gasteiger partial charge >= 0.3 is 0 Å². The number of allylic oxidation sites excluding steroid dienone is 2. The molecule has 0 radical (unpaired) electrons. The molecule has 292 valence electrons. The van der Waals surface area contributed by atoms with Gasteiger partial charge in [-0.05, 0) is 89.2 Å². The third-order valence-corrected chi connectivity index (χ3v) is 8.65. The van der Waals surface area contributed by atoms with Gasteiger partial charge in [-0.3, -0.25) is 0 Å². The summed E-state index contributed by atoms with van der Waals surface area (Å²) in [6, 6.07) is 0. The van der Waals surface area contributed by atoms with E-state index in [1.54, 1.807) is 14.2 Å². The highest BCUT2D eigenvalue weighted by molar-refractivity contribution is 4.89. The first-order chi connectivity index (χ1) is 24.1. The van der Waals surface area contributed by atoms with Crippen molar-refractivity contribution >= 4 is 0 Å². The Morgan fingerprint density at radius 1 is 0.388 bits per heavy atom. The molecule has 7 nitrogen and oxygen atoms in total. The molecule has 0 heterocycles. The van der Waals surface area contributed by atoms with Crippen molar-refractivity contribution in [2.75, 3.05) is 40.6 Å². The standard InChI is InChI=1S/C42H82O7/c1-7-11-15-27-35-45-41(46-36-28-16-12-8-2)33-25-21-19-23-31-39(43-5)49-40(44-6)32-24-20-22-26-34-42(47-37-29-17-13-9-3)48-38-30-18-14-10-4/h23-24,31-32,39-42H,7-22,25-30,33-38H2,1-6H3. The van der Waals surface area contributed by atoms with E-state index in [1.807, 2.05) is 12.2 Å². The molecule has 2 atom stereocenters. The van der Waals surface area contributed by atoms with Crippen LogP contribution < -0.4 is 0 Å². The predicted octanol–water partition coefficient (Wildman–Crippen LogP) is 12.2. The molecular formula is C42H82O7. The fourth-order valence-electron chi connectivity index (χ4n) is 5.46. The zero-order valence-corrected chi connectivity index (χ0v) is 33.3. The summed E-state index contributed by atoms with van der Waals surface area (Å²) >= 11 is 0. The van der Waals surface area contributed by atoms with Gasteiger partial charge in [-0.1, -0.05) is 117 Å². The van der Waals surface area contributed by atoms with Crippen LogP contribution in [0.1, 0.15) is 182 Å². The third kappa shape index (κ3) is 34.1. The van der Waals surface area contributed by atoms with Gasteiger partial charge in [0.25, 0.3) is 0 Å². The van der Waals surface area contributed by atoms with E-state index in [0.717, 1.165) is 103 Å². The van der Waals surface area contributed by atoms with E-state index in [-0.39, 0.29) is 12.6 Å². The van der Waals surface area contributed by atoms with Crippen molar-refractivity contribution in [3.05, 3.63) is 24.3 Å². The number of hydrogen-bond acceptors (Lipinski definition) is 7. The van der Waals surface area contributed by atoms with Crippen LogP contribution in [0.15, 0.2) is 24.3 Å². The summed E-state index contributed by atoms with van der Waals surface area (Å²) in [6.45, 7) is 12.1. The Morgan fingerprint density at radius 2 is 0.714 bits per heavy atom. The van der Waals surface area contributed by atoms with Crippen LogP contribution in [0.2, 0.25) is 0 Å². The van der Waals surface area contributed by atoms with Crippen molar-refractivity contribution in [2.24, 2.45) is 0 Å². The van der Waals surface area contributed by atoms with Crippen LogP contribution in [0.25, 0.3) is 0 Å². The number of hydrogen-bond donors (Lipinski definition) is 0. The van der Waals surface area contributed by atoms with Crippen molar-refractivity contribution in [1.82, 2.24) is 0 Å². The van der Waals surface area contributed by atoms with Crippen molar-refractivity contribution in [3.8, 4) is 0 Å². The van der Waals surface area contributed by atoms with Gasteiger partial charge in [0.15, 0.2) is 25.2 Å². The maximum atomic E-state index is 6.12. The van der Waals surface area contributed by atoms with E-state index in [2.05, 4.69) is 39.8 Å². The van der Waals surface area contributed by atoms with Gasteiger partial charge in [-0.2, -0.15) is 0 Å². The molecule has 0 aliphatic rings. The monoisotopic (exact) mass is 699 g/mol. The first kappa shape index (κ1) is 48.2. The molecule has 0 N–H and O–H groups in total. The van der Waals surface area contributed by atoms with Crippen molar-refractivity contribution in [3.63, 3.8) is 0 Å². The lowest BCUT2D eigenvalue weighted by Gasteiger charge is -2.19. The van der Waals surface area contributed by atoms with Gasteiger partial charge in [0, 0.05) is 40.6 Å². The molecule has 0 saturated carbocycles. The molecule has 0 amide bonds. The molecular weight excluding hydrogens is 616 g/mol. The number of rotatable bonds is 40. The van der Waals surface area contributed by atoms with E-state index < -0.39 is 12.6 Å². The van der Waals surface area contributed by atoms with Crippen LogP contribution in [0.3, 0.4) is 0 Å². The third-order valence-electron chi connectivity index (χ3n) is 8.65. The quantitative estimate of drug-likeness (QED) is 0.0358. The highest BCUT2D eigenvalue weighted by Crippen LogP contribution is 2.15. The smallest absolute Gasteiger partial charge is 0.179 e. The summed E-state index contributed by atoms with van der Waals surface area (Å²) in [5, 5.41) is 0. The van der Waals surface area contributed by atoms with E-state index in [9.17, 15) is 0 Å². The van der Waals surface area contributed by atoms with Crippen LogP contribution in [-0.2, 0) is 33.2 Å². The molecule has 0 fully saturated rings. The highest BCUT2D eigenvalue weighted by atomic mass is 16.8. The Kier molecular flexibility index (Phi) is 39.3.